The monoisotopic (exact) mass is 267 g/mol. The zero-order valence-electron chi connectivity index (χ0n) is 12.5. The molecule has 2 aliphatic rings. The lowest BCUT2D eigenvalue weighted by Crippen LogP contribution is -2.54. The third-order valence-electron chi connectivity index (χ3n) is 4.53. The Hall–Kier alpha value is -0.610. The van der Waals surface area contributed by atoms with Gasteiger partial charge in [0.25, 0.3) is 0 Å². The number of carbonyl (C=O) groups excluding carboxylic acids is 1. The summed E-state index contributed by atoms with van der Waals surface area (Å²) in [5, 5.41) is 6.62. The van der Waals surface area contributed by atoms with Crippen molar-refractivity contribution in [1.29, 1.82) is 0 Å². The molecular weight excluding hydrogens is 238 g/mol. The smallest absolute Gasteiger partial charge is 0.237 e. The fourth-order valence-corrected chi connectivity index (χ4v) is 3.31. The Morgan fingerprint density at radius 3 is 2.68 bits per heavy atom. The number of carbonyl (C=O) groups is 1. The fraction of sp³-hybridized carbons (Fsp3) is 0.933. The SMILES string of the molecule is CCCN1CCC(NC(=O)C2NCCCC2C)CC1. The van der Waals surface area contributed by atoms with Crippen LogP contribution in [0.4, 0.5) is 0 Å². The van der Waals surface area contributed by atoms with Crippen molar-refractivity contribution in [2.75, 3.05) is 26.2 Å². The van der Waals surface area contributed by atoms with Crippen LogP contribution in [0.2, 0.25) is 0 Å². The van der Waals surface area contributed by atoms with E-state index >= 15 is 0 Å². The molecule has 2 fully saturated rings. The molecule has 0 aromatic rings. The van der Waals surface area contributed by atoms with E-state index in [9.17, 15) is 4.79 Å². The first kappa shape index (κ1) is 14.8. The summed E-state index contributed by atoms with van der Waals surface area (Å²) in [6, 6.07) is 0.416. The first-order chi connectivity index (χ1) is 9.20. The molecular formula is C15H29N3O. The molecule has 0 aromatic carbocycles. The van der Waals surface area contributed by atoms with Crippen LogP contribution in [0.25, 0.3) is 0 Å². The van der Waals surface area contributed by atoms with E-state index < -0.39 is 0 Å². The summed E-state index contributed by atoms with van der Waals surface area (Å²) >= 11 is 0. The second-order valence-corrected chi connectivity index (χ2v) is 6.18. The van der Waals surface area contributed by atoms with Gasteiger partial charge in [-0.05, 0) is 51.1 Å². The molecule has 2 saturated heterocycles. The Kier molecular flexibility index (Phi) is 5.64. The Bertz CT molecular complexity index is 287. The molecule has 2 unspecified atom stereocenters. The van der Waals surface area contributed by atoms with Gasteiger partial charge in [-0.25, -0.2) is 0 Å². The molecule has 19 heavy (non-hydrogen) atoms. The maximum Gasteiger partial charge on any atom is 0.237 e. The molecule has 0 aromatic heterocycles. The number of amides is 1. The summed E-state index contributed by atoms with van der Waals surface area (Å²) < 4.78 is 0. The predicted octanol–water partition coefficient (Wildman–Crippen LogP) is 1.37. The van der Waals surface area contributed by atoms with Crippen LogP contribution >= 0.6 is 0 Å². The number of likely N-dealkylation sites (tertiary alicyclic amines) is 1. The van der Waals surface area contributed by atoms with Crippen molar-refractivity contribution in [1.82, 2.24) is 15.5 Å². The zero-order valence-corrected chi connectivity index (χ0v) is 12.5. The Labute approximate surface area is 117 Å². The second-order valence-electron chi connectivity index (χ2n) is 6.18. The van der Waals surface area contributed by atoms with Gasteiger partial charge in [-0.1, -0.05) is 13.8 Å². The second kappa shape index (κ2) is 7.25. The normalized spacial score (nSPS) is 30.2. The number of hydrogen-bond donors (Lipinski definition) is 2. The highest BCUT2D eigenvalue weighted by atomic mass is 16.2. The Morgan fingerprint density at radius 2 is 2.05 bits per heavy atom. The minimum absolute atomic E-state index is 0.0300. The van der Waals surface area contributed by atoms with Crippen molar-refractivity contribution in [2.24, 2.45) is 5.92 Å². The molecule has 2 N–H and O–H groups in total. The Morgan fingerprint density at radius 1 is 1.32 bits per heavy atom. The van der Waals surface area contributed by atoms with Crippen molar-refractivity contribution in [3.8, 4) is 0 Å². The average molecular weight is 267 g/mol. The molecule has 0 bridgehead atoms. The van der Waals surface area contributed by atoms with Crippen LogP contribution in [0.1, 0.15) is 46.0 Å². The van der Waals surface area contributed by atoms with Crippen molar-refractivity contribution >= 4 is 5.91 Å². The molecule has 2 heterocycles. The molecule has 0 saturated carbocycles. The first-order valence-corrected chi connectivity index (χ1v) is 7.96. The third kappa shape index (κ3) is 4.18. The summed E-state index contributed by atoms with van der Waals surface area (Å²) in [6.45, 7) is 8.85. The van der Waals surface area contributed by atoms with Crippen molar-refractivity contribution in [3.05, 3.63) is 0 Å². The van der Waals surface area contributed by atoms with E-state index in [1.165, 1.54) is 25.8 Å². The zero-order chi connectivity index (χ0) is 13.7. The molecule has 0 spiro atoms. The van der Waals surface area contributed by atoms with Crippen LogP contribution in [0.3, 0.4) is 0 Å². The quantitative estimate of drug-likeness (QED) is 0.808. The van der Waals surface area contributed by atoms with Gasteiger partial charge in [-0.3, -0.25) is 4.79 Å². The highest BCUT2D eigenvalue weighted by molar-refractivity contribution is 5.82. The summed E-state index contributed by atoms with van der Waals surface area (Å²) in [7, 11) is 0. The van der Waals surface area contributed by atoms with E-state index in [1.807, 2.05) is 0 Å². The summed E-state index contributed by atoms with van der Waals surface area (Å²) in [4.78, 5) is 14.8. The largest absolute Gasteiger partial charge is 0.352 e. The van der Waals surface area contributed by atoms with Gasteiger partial charge >= 0.3 is 0 Å². The van der Waals surface area contributed by atoms with Gasteiger partial charge in [0.1, 0.15) is 0 Å². The molecule has 0 radical (unpaired) electrons. The molecule has 2 rings (SSSR count). The number of rotatable bonds is 4. The fourth-order valence-electron chi connectivity index (χ4n) is 3.31. The molecule has 0 aliphatic carbocycles. The lowest BCUT2D eigenvalue weighted by atomic mass is 9.91. The van der Waals surface area contributed by atoms with E-state index in [0.717, 1.165) is 32.5 Å². The van der Waals surface area contributed by atoms with Gasteiger partial charge in [-0.15, -0.1) is 0 Å². The molecule has 1 amide bonds. The first-order valence-electron chi connectivity index (χ1n) is 7.96. The summed E-state index contributed by atoms with van der Waals surface area (Å²) in [5.41, 5.74) is 0. The van der Waals surface area contributed by atoms with E-state index in [0.29, 0.717) is 12.0 Å². The standard InChI is InChI=1S/C15H29N3O/c1-3-9-18-10-6-13(7-11-18)17-15(19)14-12(2)5-4-8-16-14/h12-14,16H,3-11H2,1-2H3,(H,17,19). The van der Waals surface area contributed by atoms with Crippen LogP contribution < -0.4 is 10.6 Å². The van der Waals surface area contributed by atoms with Crippen LogP contribution in [0.15, 0.2) is 0 Å². The van der Waals surface area contributed by atoms with Gasteiger partial charge in [0, 0.05) is 19.1 Å². The van der Waals surface area contributed by atoms with Crippen molar-refractivity contribution < 1.29 is 4.79 Å². The highest BCUT2D eigenvalue weighted by Gasteiger charge is 2.29. The summed E-state index contributed by atoms with van der Waals surface area (Å²) in [5.74, 6) is 0.690. The van der Waals surface area contributed by atoms with Gasteiger partial charge in [0.2, 0.25) is 5.91 Å². The van der Waals surface area contributed by atoms with Crippen molar-refractivity contribution in [2.45, 2.75) is 58.0 Å². The maximum absolute atomic E-state index is 12.3. The number of piperidine rings is 2. The topological polar surface area (TPSA) is 44.4 Å². The molecule has 2 atom stereocenters. The van der Waals surface area contributed by atoms with Gasteiger partial charge in [-0.2, -0.15) is 0 Å². The van der Waals surface area contributed by atoms with Gasteiger partial charge < -0.3 is 15.5 Å². The minimum atomic E-state index is 0.0300. The van der Waals surface area contributed by atoms with Gasteiger partial charge in [0.15, 0.2) is 0 Å². The van der Waals surface area contributed by atoms with E-state index in [2.05, 4.69) is 29.4 Å². The molecule has 4 heteroatoms. The van der Waals surface area contributed by atoms with Crippen molar-refractivity contribution in [3.63, 3.8) is 0 Å². The Balaban J connectivity index is 1.74. The number of nitrogens with one attached hydrogen (secondary N) is 2. The van der Waals surface area contributed by atoms with Crippen LogP contribution in [0.5, 0.6) is 0 Å². The number of nitrogens with zero attached hydrogens (tertiary/aromatic N) is 1. The van der Waals surface area contributed by atoms with Crippen LogP contribution in [-0.2, 0) is 4.79 Å². The number of hydrogen-bond acceptors (Lipinski definition) is 3. The van der Waals surface area contributed by atoms with E-state index in [4.69, 9.17) is 0 Å². The highest BCUT2D eigenvalue weighted by Crippen LogP contribution is 2.17. The molecule has 2 aliphatic heterocycles. The lowest BCUT2D eigenvalue weighted by molar-refractivity contribution is -0.125. The van der Waals surface area contributed by atoms with E-state index in [1.54, 1.807) is 0 Å². The third-order valence-corrected chi connectivity index (χ3v) is 4.53. The average Bonchev–Trinajstić information content (AvgIpc) is 2.42. The lowest BCUT2D eigenvalue weighted by Gasteiger charge is -2.34. The van der Waals surface area contributed by atoms with Crippen LogP contribution in [0, 0.1) is 5.92 Å². The van der Waals surface area contributed by atoms with Gasteiger partial charge in [0.05, 0.1) is 6.04 Å². The molecule has 4 nitrogen and oxygen atoms in total. The van der Waals surface area contributed by atoms with Crippen LogP contribution in [-0.4, -0.2) is 49.1 Å². The van der Waals surface area contributed by atoms with E-state index in [-0.39, 0.29) is 11.9 Å². The minimum Gasteiger partial charge on any atom is -0.352 e. The predicted molar refractivity (Wildman–Crippen MR) is 78.1 cm³/mol. The molecule has 110 valence electrons. The maximum atomic E-state index is 12.3. The summed E-state index contributed by atoms with van der Waals surface area (Å²) in [6.07, 6.45) is 5.79.